The third-order valence-corrected chi connectivity index (χ3v) is 7.04. The molecule has 202 valence electrons. The molecule has 10 nitrogen and oxygen atoms in total. The first-order chi connectivity index (χ1) is 16.3. The van der Waals surface area contributed by atoms with Gasteiger partial charge in [-0.2, -0.15) is 0 Å². The summed E-state index contributed by atoms with van der Waals surface area (Å²) in [5.41, 5.74) is -1.64. The van der Waals surface area contributed by atoms with Crippen molar-refractivity contribution in [1.29, 1.82) is 0 Å². The Morgan fingerprint density at radius 3 is 2.17 bits per heavy atom. The third kappa shape index (κ3) is 6.44. The molecule has 3 N–H and O–H groups in total. The number of hydrogen-bond donors (Lipinski definition) is 3. The average molecular weight is 508 g/mol. The molecule has 0 aromatic rings. The van der Waals surface area contributed by atoms with Gasteiger partial charge in [0.25, 0.3) is 5.78 Å². The highest BCUT2D eigenvalue weighted by Crippen LogP contribution is 2.65. The van der Waals surface area contributed by atoms with Crippen LogP contribution < -0.4 is 10.6 Å². The second-order valence-electron chi connectivity index (χ2n) is 12.4. The smallest absolute Gasteiger partial charge is 0.408 e. The van der Waals surface area contributed by atoms with Crippen LogP contribution in [0, 0.1) is 22.7 Å². The number of allylic oxidation sites excluding steroid dienone is 1. The van der Waals surface area contributed by atoms with Gasteiger partial charge in [-0.25, -0.2) is 9.59 Å². The Morgan fingerprint density at radius 2 is 1.69 bits per heavy atom. The minimum Gasteiger partial charge on any atom is -0.475 e. The number of likely N-dealkylation sites (tertiary alicyclic amines) is 1. The van der Waals surface area contributed by atoms with Crippen molar-refractivity contribution in [3.8, 4) is 0 Å². The van der Waals surface area contributed by atoms with E-state index >= 15 is 0 Å². The molecule has 1 saturated carbocycles. The predicted octanol–water partition coefficient (Wildman–Crippen LogP) is 2.51. The molecule has 2 rings (SSSR count). The first-order valence-corrected chi connectivity index (χ1v) is 12.3. The van der Waals surface area contributed by atoms with Crippen molar-refractivity contribution >= 4 is 29.7 Å². The van der Waals surface area contributed by atoms with Crippen LogP contribution in [0.1, 0.15) is 68.2 Å². The van der Waals surface area contributed by atoms with Crippen LogP contribution in [0.4, 0.5) is 4.79 Å². The van der Waals surface area contributed by atoms with Crippen LogP contribution in [0.2, 0.25) is 0 Å². The highest BCUT2D eigenvalue weighted by atomic mass is 16.6. The van der Waals surface area contributed by atoms with E-state index in [1.165, 1.54) is 11.0 Å². The molecular weight excluding hydrogens is 466 g/mol. The van der Waals surface area contributed by atoms with Crippen LogP contribution >= 0.6 is 0 Å². The number of amides is 3. The van der Waals surface area contributed by atoms with Crippen molar-refractivity contribution in [2.24, 2.45) is 22.7 Å². The number of hydrogen-bond acceptors (Lipinski definition) is 6. The maximum absolute atomic E-state index is 13.8. The van der Waals surface area contributed by atoms with E-state index in [1.807, 2.05) is 13.8 Å². The molecule has 1 unspecified atom stereocenters. The van der Waals surface area contributed by atoms with Gasteiger partial charge in [0, 0.05) is 6.54 Å². The summed E-state index contributed by atoms with van der Waals surface area (Å²) in [5.74, 6) is -3.84. The molecule has 1 aliphatic heterocycles. The van der Waals surface area contributed by atoms with Gasteiger partial charge in [-0.1, -0.05) is 40.7 Å². The van der Waals surface area contributed by atoms with Gasteiger partial charge >= 0.3 is 12.1 Å². The van der Waals surface area contributed by atoms with E-state index in [1.54, 1.807) is 41.5 Å². The van der Waals surface area contributed by atoms with Crippen LogP contribution in [0.3, 0.4) is 0 Å². The van der Waals surface area contributed by atoms with Gasteiger partial charge in [0.05, 0.1) is 6.04 Å². The Bertz CT molecular complexity index is 929. The summed E-state index contributed by atoms with van der Waals surface area (Å²) in [7, 11) is 0. The zero-order valence-electron chi connectivity index (χ0n) is 22.6. The Balaban J connectivity index is 2.32. The summed E-state index contributed by atoms with van der Waals surface area (Å²) in [4.78, 5) is 64.8. The van der Waals surface area contributed by atoms with E-state index in [2.05, 4.69) is 17.2 Å². The minimum absolute atomic E-state index is 0.0705. The molecule has 10 heteroatoms. The highest BCUT2D eigenvalue weighted by molar-refractivity contribution is 6.35. The Labute approximate surface area is 213 Å². The van der Waals surface area contributed by atoms with Crippen molar-refractivity contribution in [3.63, 3.8) is 0 Å². The maximum atomic E-state index is 13.8. The number of nitrogens with one attached hydrogen (secondary N) is 2. The average Bonchev–Trinajstić information content (AvgIpc) is 3.07. The first kappa shape index (κ1) is 29.3. The Hall–Kier alpha value is -2.91. The number of alkyl carbamates (subject to hydrolysis) is 1. The van der Waals surface area contributed by atoms with E-state index in [9.17, 15) is 29.1 Å². The quantitative estimate of drug-likeness (QED) is 0.321. The SMILES string of the molecule is C=CCCC(NC(=O)[C@@H]1[C@H]2[C@@H](CN1C(=O)[C@@H](NC(=O)OC(C)(C)C)C(C)(C)C)C2(C)C)C(=O)C(=O)O. The normalized spacial score (nSPS) is 24.1. The number of aliphatic carboxylic acids is 1. The lowest BCUT2D eigenvalue weighted by Crippen LogP contribution is -2.60. The molecular formula is C26H41N3O7. The molecule has 0 spiro atoms. The molecule has 0 aromatic heterocycles. The molecule has 2 aliphatic rings. The molecule has 5 atom stereocenters. The van der Waals surface area contributed by atoms with Crippen LogP contribution in [-0.4, -0.2) is 69.9 Å². The number of fused-ring (bicyclic) bond motifs is 1. The lowest BCUT2D eigenvalue weighted by Gasteiger charge is -2.38. The summed E-state index contributed by atoms with van der Waals surface area (Å²) in [6.45, 7) is 18.5. The number of ether oxygens (including phenoxy) is 1. The molecule has 2 fully saturated rings. The number of Topliss-reactive ketones (excluding diaryl/α,β-unsaturated/α-hetero) is 1. The summed E-state index contributed by atoms with van der Waals surface area (Å²) in [6, 6.07) is -3.10. The summed E-state index contributed by atoms with van der Waals surface area (Å²) >= 11 is 0. The standard InChI is InChI=1S/C26H41N3O7/c1-10-11-12-15(18(30)22(33)34)27-20(31)17-16-14(26(16,8)9)13-29(17)21(32)19(24(2,3)4)28-23(35)36-25(5,6)7/h10,14-17,19H,1,11-13H2,2-9H3,(H,27,31)(H,28,35)(H,33,34)/t14-,15?,16-,17+,19-/m1/s1. The summed E-state index contributed by atoms with van der Waals surface area (Å²) in [5, 5.41) is 14.5. The number of carbonyl (C=O) groups is 5. The second kappa shape index (κ2) is 10.2. The summed E-state index contributed by atoms with van der Waals surface area (Å²) < 4.78 is 5.35. The van der Waals surface area contributed by atoms with E-state index in [4.69, 9.17) is 4.74 Å². The van der Waals surface area contributed by atoms with Gasteiger partial charge in [-0.05, 0) is 56.3 Å². The zero-order valence-corrected chi connectivity index (χ0v) is 22.6. The number of rotatable bonds is 9. The molecule has 0 bridgehead atoms. The molecule has 1 aliphatic carbocycles. The zero-order chi connectivity index (χ0) is 27.8. The Kier molecular flexibility index (Phi) is 8.32. The number of nitrogens with zero attached hydrogens (tertiary/aromatic N) is 1. The lowest BCUT2D eigenvalue weighted by molar-refractivity contribution is -0.151. The fourth-order valence-electron chi connectivity index (χ4n) is 5.01. The fraction of sp³-hybridized carbons (Fsp3) is 0.731. The number of carbonyl (C=O) groups excluding carboxylic acids is 4. The molecule has 1 heterocycles. The van der Waals surface area contributed by atoms with Crippen LogP contribution in [0.25, 0.3) is 0 Å². The lowest BCUT2D eigenvalue weighted by atomic mass is 9.85. The Morgan fingerprint density at radius 1 is 1.11 bits per heavy atom. The third-order valence-electron chi connectivity index (χ3n) is 7.04. The topological polar surface area (TPSA) is 142 Å². The number of carboxylic acid groups (broad SMARTS) is 1. The van der Waals surface area contributed by atoms with Gasteiger partial charge in [0.15, 0.2) is 0 Å². The van der Waals surface area contributed by atoms with E-state index in [0.717, 1.165) is 0 Å². The molecule has 0 radical (unpaired) electrons. The minimum atomic E-state index is -1.64. The van der Waals surface area contributed by atoms with Crippen LogP contribution in [0.5, 0.6) is 0 Å². The maximum Gasteiger partial charge on any atom is 0.408 e. The molecule has 0 aromatic carbocycles. The first-order valence-electron chi connectivity index (χ1n) is 12.3. The number of piperidine rings is 1. The van der Waals surface area contributed by atoms with Crippen molar-refractivity contribution in [2.45, 2.75) is 92.0 Å². The molecule has 3 amide bonds. The largest absolute Gasteiger partial charge is 0.475 e. The monoisotopic (exact) mass is 507 g/mol. The van der Waals surface area contributed by atoms with Crippen LogP contribution in [0.15, 0.2) is 12.7 Å². The predicted molar refractivity (Wildman–Crippen MR) is 133 cm³/mol. The number of carboxylic acids is 1. The molecule has 1 saturated heterocycles. The second-order valence-corrected chi connectivity index (χ2v) is 12.4. The number of ketones is 1. The van der Waals surface area contributed by atoms with Gasteiger partial charge in [0.1, 0.15) is 17.7 Å². The van der Waals surface area contributed by atoms with Gasteiger partial charge in [0.2, 0.25) is 11.8 Å². The van der Waals surface area contributed by atoms with E-state index in [-0.39, 0.29) is 23.7 Å². The van der Waals surface area contributed by atoms with E-state index in [0.29, 0.717) is 13.0 Å². The van der Waals surface area contributed by atoms with Gasteiger partial charge in [-0.3, -0.25) is 14.4 Å². The van der Waals surface area contributed by atoms with Crippen molar-refractivity contribution in [1.82, 2.24) is 15.5 Å². The van der Waals surface area contributed by atoms with Crippen molar-refractivity contribution < 1.29 is 33.8 Å². The van der Waals surface area contributed by atoms with Crippen molar-refractivity contribution in [2.75, 3.05) is 6.54 Å². The molecule has 36 heavy (non-hydrogen) atoms. The van der Waals surface area contributed by atoms with E-state index < -0.39 is 58.8 Å². The summed E-state index contributed by atoms with van der Waals surface area (Å²) in [6.07, 6.45) is 1.22. The van der Waals surface area contributed by atoms with Crippen molar-refractivity contribution in [3.05, 3.63) is 12.7 Å². The van der Waals surface area contributed by atoms with Crippen LogP contribution in [-0.2, 0) is 23.9 Å². The fourth-order valence-corrected chi connectivity index (χ4v) is 5.01. The van der Waals surface area contributed by atoms with Gasteiger partial charge < -0.3 is 25.4 Å². The highest BCUT2D eigenvalue weighted by Gasteiger charge is 2.69. The van der Waals surface area contributed by atoms with Gasteiger partial charge in [-0.15, -0.1) is 6.58 Å².